The first-order valence-corrected chi connectivity index (χ1v) is 9.61. The van der Waals surface area contributed by atoms with Crippen molar-refractivity contribution in [3.05, 3.63) is 46.2 Å². The van der Waals surface area contributed by atoms with E-state index in [0.29, 0.717) is 13.0 Å². The average Bonchev–Trinajstić information content (AvgIpc) is 3.03. The molecule has 0 atom stereocenters. The highest BCUT2D eigenvalue weighted by molar-refractivity contribution is 7.88. The molecule has 0 fully saturated rings. The number of nitrogens with one attached hydrogen (secondary N) is 1. The van der Waals surface area contributed by atoms with Crippen LogP contribution in [-0.4, -0.2) is 34.8 Å². The second-order valence-corrected chi connectivity index (χ2v) is 8.11. The fourth-order valence-electron chi connectivity index (χ4n) is 2.20. The minimum absolute atomic E-state index is 0.0100. The van der Waals surface area contributed by atoms with Crippen molar-refractivity contribution in [2.24, 2.45) is 0 Å². The lowest BCUT2D eigenvalue weighted by Crippen LogP contribution is -2.27. The predicted octanol–water partition coefficient (Wildman–Crippen LogP) is 1.46. The smallest absolute Gasteiger partial charge is 0.215 e. The number of aryl methyl sites for hydroxylation is 2. The highest BCUT2D eigenvalue weighted by Crippen LogP contribution is 2.14. The molecule has 0 aliphatic rings. The summed E-state index contributed by atoms with van der Waals surface area (Å²) in [6.07, 6.45) is 0.528. The lowest BCUT2D eigenvalue weighted by atomic mass is 10.1. The van der Waals surface area contributed by atoms with Gasteiger partial charge in [0.1, 0.15) is 5.01 Å². The summed E-state index contributed by atoms with van der Waals surface area (Å²) in [5.74, 6) is 0.715. The van der Waals surface area contributed by atoms with Crippen molar-refractivity contribution in [3.63, 3.8) is 0 Å². The van der Waals surface area contributed by atoms with E-state index in [-0.39, 0.29) is 5.75 Å². The quantitative estimate of drug-likeness (QED) is 0.726. The van der Waals surface area contributed by atoms with E-state index in [9.17, 15) is 8.42 Å². The van der Waals surface area contributed by atoms with E-state index >= 15 is 0 Å². The Balaban J connectivity index is 1.59. The van der Waals surface area contributed by atoms with Crippen molar-refractivity contribution in [1.29, 1.82) is 0 Å². The largest absolute Gasteiger partial charge is 0.234 e. The molecule has 0 aliphatic heterocycles. The summed E-state index contributed by atoms with van der Waals surface area (Å²) >= 11 is 1.42. The molecule has 9 heteroatoms. The average molecular weight is 351 g/mol. The van der Waals surface area contributed by atoms with Gasteiger partial charge < -0.3 is 0 Å². The summed E-state index contributed by atoms with van der Waals surface area (Å²) in [5, 5.41) is 13.1. The molecule has 23 heavy (non-hydrogen) atoms. The van der Waals surface area contributed by atoms with Crippen LogP contribution in [-0.2, 0) is 22.2 Å². The molecule has 0 saturated carbocycles. The molecule has 0 spiro atoms. The second kappa shape index (κ2) is 6.34. The molecule has 2 heterocycles. The van der Waals surface area contributed by atoms with Gasteiger partial charge in [-0.25, -0.2) is 13.1 Å². The fourth-order valence-corrected chi connectivity index (χ4v) is 4.32. The lowest BCUT2D eigenvalue weighted by Gasteiger charge is -2.08. The summed E-state index contributed by atoms with van der Waals surface area (Å²) in [6.45, 7) is 4.05. The highest BCUT2D eigenvalue weighted by Gasteiger charge is 2.14. The molecule has 0 amide bonds. The zero-order valence-electron chi connectivity index (χ0n) is 12.9. The third-order valence-electron chi connectivity index (χ3n) is 3.46. The number of sulfonamides is 1. The molecule has 0 aliphatic carbocycles. The molecular formula is C14H17N5O2S2. The molecule has 0 saturated heterocycles. The first kappa shape index (κ1) is 16.0. The fraction of sp³-hybridized carbons (Fsp3) is 0.357. The van der Waals surface area contributed by atoms with Gasteiger partial charge in [-0.1, -0.05) is 35.6 Å². The zero-order valence-corrected chi connectivity index (χ0v) is 14.5. The summed E-state index contributed by atoms with van der Waals surface area (Å²) in [5.41, 5.74) is 1.79. The Morgan fingerprint density at radius 3 is 2.74 bits per heavy atom. The molecule has 1 N–H and O–H groups in total. The van der Waals surface area contributed by atoms with Crippen molar-refractivity contribution in [2.45, 2.75) is 26.0 Å². The van der Waals surface area contributed by atoms with Gasteiger partial charge in [-0.05, 0) is 25.0 Å². The number of nitrogens with zero attached hydrogens (tertiary/aromatic N) is 4. The van der Waals surface area contributed by atoms with Crippen LogP contribution in [0, 0.1) is 13.8 Å². The summed E-state index contributed by atoms with van der Waals surface area (Å²) in [7, 11) is -3.36. The molecule has 0 unspecified atom stereocenters. The van der Waals surface area contributed by atoms with E-state index in [1.54, 1.807) is 4.52 Å². The molecule has 0 bridgehead atoms. The summed E-state index contributed by atoms with van der Waals surface area (Å²) in [6, 6.07) is 7.49. The van der Waals surface area contributed by atoms with Crippen molar-refractivity contribution in [3.8, 4) is 0 Å². The summed E-state index contributed by atoms with van der Waals surface area (Å²) < 4.78 is 28.6. The number of rotatable bonds is 6. The Hall–Kier alpha value is -1.84. The van der Waals surface area contributed by atoms with Crippen LogP contribution in [0.1, 0.15) is 22.0 Å². The van der Waals surface area contributed by atoms with Crippen LogP contribution in [0.3, 0.4) is 0 Å². The predicted molar refractivity (Wildman–Crippen MR) is 88.9 cm³/mol. The number of benzene rings is 1. The van der Waals surface area contributed by atoms with Crippen LogP contribution in [0.15, 0.2) is 24.3 Å². The molecule has 1 aromatic carbocycles. The minimum Gasteiger partial charge on any atom is -0.215 e. The highest BCUT2D eigenvalue weighted by atomic mass is 32.2. The molecule has 7 nitrogen and oxygen atoms in total. The van der Waals surface area contributed by atoms with E-state index in [4.69, 9.17) is 0 Å². The first-order chi connectivity index (χ1) is 10.9. The van der Waals surface area contributed by atoms with Gasteiger partial charge in [0.25, 0.3) is 0 Å². The maximum absolute atomic E-state index is 12.2. The van der Waals surface area contributed by atoms with Crippen molar-refractivity contribution in [2.75, 3.05) is 6.54 Å². The lowest BCUT2D eigenvalue weighted by molar-refractivity contribution is 0.580. The maximum atomic E-state index is 12.2. The number of hydrogen-bond acceptors (Lipinski definition) is 6. The Morgan fingerprint density at radius 1 is 1.22 bits per heavy atom. The normalized spacial score (nSPS) is 12.1. The number of fused-ring (bicyclic) bond motifs is 1. The van der Waals surface area contributed by atoms with Crippen LogP contribution < -0.4 is 4.72 Å². The molecule has 3 rings (SSSR count). The SMILES string of the molecule is Cc1ccccc1CS(=O)(=O)NCCc1nn2c(C)nnc2s1. The Bertz CT molecular complexity index is 930. The zero-order chi connectivity index (χ0) is 16.4. The molecule has 3 aromatic rings. The molecule has 2 aromatic heterocycles. The van der Waals surface area contributed by atoms with E-state index in [2.05, 4.69) is 20.0 Å². The van der Waals surface area contributed by atoms with E-state index in [1.165, 1.54) is 11.3 Å². The minimum atomic E-state index is -3.36. The van der Waals surface area contributed by atoms with Gasteiger partial charge in [-0.2, -0.15) is 9.61 Å². The van der Waals surface area contributed by atoms with Gasteiger partial charge in [0.2, 0.25) is 15.0 Å². The van der Waals surface area contributed by atoms with Crippen LogP contribution in [0.4, 0.5) is 0 Å². The Kier molecular flexibility index (Phi) is 4.42. The van der Waals surface area contributed by atoms with Gasteiger partial charge in [0.05, 0.1) is 5.75 Å². The van der Waals surface area contributed by atoms with E-state index in [1.807, 2.05) is 38.1 Å². The Labute approximate surface area is 138 Å². The summed E-state index contributed by atoms with van der Waals surface area (Å²) in [4.78, 5) is 0.722. The van der Waals surface area contributed by atoms with Gasteiger partial charge >= 0.3 is 0 Å². The van der Waals surface area contributed by atoms with Crippen molar-refractivity contribution in [1.82, 2.24) is 24.5 Å². The van der Waals surface area contributed by atoms with Crippen LogP contribution >= 0.6 is 11.3 Å². The van der Waals surface area contributed by atoms with Crippen molar-refractivity contribution < 1.29 is 8.42 Å². The van der Waals surface area contributed by atoms with E-state index < -0.39 is 10.0 Å². The third kappa shape index (κ3) is 3.74. The number of aromatic nitrogens is 4. The monoisotopic (exact) mass is 351 g/mol. The van der Waals surface area contributed by atoms with Crippen LogP contribution in [0.5, 0.6) is 0 Å². The molecule has 122 valence electrons. The number of hydrogen-bond donors (Lipinski definition) is 1. The van der Waals surface area contributed by atoms with E-state index in [0.717, 1.165) is 26.9 Å². The van der Waals surface area contributed by atoms with Crippen LogP contribution in [0.2, 0.25) is 0 Å². The standard InChI is InChI=1S/C14H17N5O2S2/c1-10-5-3-4-6-12(10)9-23(20,21)15-8-7-13-18-19-11(2)16-17-14(19)22-13/h3-6,15H,7-9H2,1-2H3. The van der Waals surface area contributed by atoms with Crippen molar-refractivity contribution >= 4 is 26.3 Å². The van der Waals surface area contributed by atoms with Gasteiger partial charge in [0, 0.05) is 13.0 Å². The molecular weight excluding hydrogens is 334 g/mol. The molecule has 0 radical (unpaired) electrons. The second-order valence-electron chi connectivity index (χ2n) is 5.27. The third-order valence-corrected chi connectivity index (χ3v) is 5.75. The Morgan fingerprint density at radius 2 is 2.00 bits per heavy atom. The first-order valence-electron chi connectivity index (χ1n) is 7.14. The maximum Gasteiger partial charge on any atom is 0.234 e. The topological polar surface area (TPSA) is 89.2 Å². The van der Waals surface area contributed by atoms with Crippen LogP contribution in [0.25, 0.3) is 4.96 Å². The van der Waals surface area contributed by atoms with Gasteiger partial charge in [-0.15, -0.1) is 10.2 Å². The van der Waals surface area contributed by atoms with Gasteiger partial charge in [-0.3, -0.25) is 0 Å². The van der Waals surface area contributed by atoms with Gasteiger partial charge in [0.15, 0.2) is 5.82 Å².